The van der Waals surface area contributed by atoms with Gasteiger partial charge in [0.2, 0.25) is 0 Å². The summed E-state index contributed by atoms with van der Waals surface area (Å²) in [7, 11) is -6.35. The molecule has 0 N–H and O–H groups in total. The van der Waals surface area contributed by atoms with E-state index >= 15 is 0 Å². The third-order valence-electron chi connectivity index (χ3n) is 7.55. The maximum atomic E-state index is 14.9. The molecule has 5 rings (SSSR count). The fourth-order valence-electron chi connectivity index (χ4n) is 5.15. The van der Waals surface area contributed by atoms with Crippen molar-refractivity contribution in [3.05, 3.63) is 144 Å². The quantitative estimate of drug-likeness (QED) is 0.108. The van der Waals surface area contributed by atoms with E-state index in [2.05, 4.69) is 0 Å². The Kier molecular flexibility index (Phi) is 18.6. The standard InChI is InChI=1S/C35H37F2O8P.2K/c36-35(37,46(38,39)40)21-30-31(41-22-26-13-5-1-6-14-26)32(42-23-27-15-7-2-8-16-27)33(43-24-28-17-9-3-10-18-28)34(45-30)44-25-29-19-11-4-12-20-29;;/h1-20,30-34H,21-25H2,(H2,38,39,40);;/q;2*+1/p-2/t30-,31-,32+,33-,34-;;/m1../s1. The van der Waals surface area contributed by atoms with Crippen LogP contribution in [0.1, 0.15) is 28.7 Å². The third kappa shape index (κ3) is 12.7. The smallest absolute Gasteiger partial charge is 0.683 e. The molecule has 1 aliphatic heterocycles. The number of ether oxygens (including phenoxy) is 5. The molecule has 0 amide bonds. The van der Waals surface area contributed by atoms with E-state index in [4.69, 9.17) is 23.7 Å². The van der Waals surface area contributed by atoms with Gasteiger partial charge in [-0.2, -0.15) is 8.78 Å². The Morgan fingerprint density at radius 3 is 1.23 bits per heavy atom. The van der Waals surface area contributed by atoms with Gasteiger partial charge in [0.15, 0.2) is 6.29 Å². The van der Waals surface area contributed by atoms with Gasteiger partial charge in [-0.15, -0.1) is 0 Å². The van der Waals surface area contributed by atoms with Gasteiger partial charge in [-0.3, -0.25) is 0 Å². The van der Waals surface area contributed by atoms with E-state index in [0.29, 0.717) is 0 Å². The second-order valence-corrected chi connectivity index (χ2v) is 12.6. The van der Waals surface area contributed by atoms with Crippen LogP contribution >= 0.6 is 7.94 Å². The Bertz CT molecular complexity index is 1460. The molecule has 1 aliphatic rings. The first-order valence-electron chi connectivity index (χ1n) is 14.9. The van der Waals surface area contributed by atoms with E-state index in [0.717, 1.165) is 22.3 Å². The third-order valence-corrected chi connectivity index (χ3v) is 8.54. The molecular weight excluding hydrogens is 696 g/mol. The van der Waals surface area contributed by atoms with Crippen molar-refractivity contribution in [2.45, 2.75) is 69.2 Å². The molecule has 1 heterocycles. The average Bonchev–Trinajstić information content (AvgIpc) is 3.06. The number of rotatable bonds is 15. The SMILES string of the molecule is [K+].[K+].[O-][P+]([O-])([O-])C(F)(F)C[C@H]1O[C@@H](OCc2ccccc2)[C@H](OCc2ccccc2)[C@@H](OCc2ccccc2)[C@@H]1OCc1ccccc1. The summed E-state index contributed by atoms with van der Waals surface area (Å²) in [4.78, 5) is 35.0. The minimum Gasteiger partial charge on any atom is -0.683 e. The van der Waals surface area contributed by atoms with Crippen LogP contribution < -0.4 is 117 Å². The van der Waals surface area contributed by atoms with Crippen molar-refractivity contribution in [1.82, 2.24) is 0 Å². The molecule has 13 heteroatoms. The van der Waals surface area contributed by atoms with Gasteiger partial charge in [0, 0.05) is 0 Å². The fourth-order valence-corrected chi connectivity index (χ4v) is 5.55. The van der Waals surface area contributed by atoms with E-state index in [1.165, 1.54) is 0 Å². The van der Waals surface area contributed by atoms with Crippen LogP contribution in [0.4, 0.5) is 8.78 Å². The summed E-state index contributed by atoms with van der Waals surface area (Å²) >= 11 is 0. The van der Waals surface area contributed by atoms with Crippen LogP contribution in [-0.4, -0.2) is 36.4 Å². The Hall–Kier alpha value is 0.123. The summed E-state index contributed by atoms with van der Waals surface area (Å²) in [6.07, 6.45) is -7.74. The zero-order valence-electron chi connectivity index (χ0n) is 26.9. The predicted octanol–water partition coefficient (Wildman–Crippen LogP) is -1.48. The van der Waals surface area contributed by atoms with Crippen LogP contribution in [0.5, 0.6) is 0 Å². The summed E-state index contributed by atoms with van der Waals surface area (Å²) in [5, 5.41) is 0. The molecule has 0 saturated carbocycles. The number of alkyl halides is 2. The molecule has 244 valence electrons. The molecule has 0 bridgehead atoms. The van der Waals surface area contributed by atoms with Crippen molar-refractivity contribution in [3.63, 3.8) is 0 Å². The molecule has 4 aromatic rings. The molecule has 1 saturated heterocycles. The first kappa shape index (κ1) is 42.5. The summed E-state index contributed by atoms with van der Waals surface area (Å²) in [5.74, 6) is 0. The zero-order chi connectivity index (χ0) is 32.4. The van der Waals surface area contributed by atoms with Crippen LogP contribution in [0.2, 0.25) is 0 Å². The maximum Gasteiger partial charge on any atom is 1.00 e. The minimum absolute atomic E-state index is 0. The van der Waals surface area contributed by atoms with E-state index in [9.17, 15) is 23.5 Å². The molecular formula is C35H35F2K2O8P. The topological polar surface area (TPSA) is 115 Å². The van der Waals surface area contributed by atoms with E-state index in [1.54, 1.807) is 24.3 Å². The molecule has 4 aromatic carbocycles. The van der Waals surface area contributed by atoms with Crippen molar-refractivity contribution >= 4 is 7.94 Å². The summed E-state index contributed by atoms with van der Waals surface area (Å²) in [6, 6.07) is 36.7. The molecule has 1 fully saturated rings. The zero-order valence-corrected chi connectivity index (χ0v) is 34.1. The Balaban J connectivity index is 0.00000312. The van der Waals surface area contributed by atoms with Crippen molar-refractivity contribution < 1.29 is 150 Å². The molecule has 0 radical (unpaired) electrons. The average molecular weight is 731 g/mol. The Labute approximate surface area is 365 Å². The Morgan fingerprint density at radius 2 is 0.854 bits per heavy atom. The first-order chi connectivity index (χ1) is 22.2. The molecule has 0 spiro atoms. The molecule has 0 unspecified atom stereocenters. The van der Waals surface area contributed by atoms with Crippen molar-refractivity contribution in [1.29, 1.82) is 0 Å². The van der Waals surface area contributed by atoms with Gasteiger partial charge >= 0.3 is 108 Å². The molecule has 0 aliphatic carbocycles. The van der Waals surface area contributed by atoms with Crippen LogP contribution in [-0.2, 0) is 50.1 Å². The fraction of sp³-hybridized carbons (Fsp3) is 0.314. The predicted molar refractivity (Wildman–Crippen MR) is 161 cm³/mol. The van der Waals surface area contributed by atoms with Crippen LogP contribution in [0, 0.1) is 0 Å². The van der Waals surface area contributed by atoms with E-state index < -0.39 is 50.7 Å². The van der Waals surface area contributed by atoms with Crippen LogP contribution in [0.3, 0.4) is 0 Å². The minimum atomic E-state index is -6.35. The Morgan fingerprint density at radius 1 is 0.521 bits per heavy atom. The van der Waals surface area contributed by atoms with Gasteiger partial charge < -0.3 is 38.4 Å². The molecule has 5 atom stereocenters. The van der Waals surface area contributed by atoms with Crippen molar-refractivity contribution in [2.24, 2.45) is 0 Å². The first-order valence-corrected chi connectivity index (χ1v) is 16.4. The van der Waals surface area contributed by atoms with Gasteiger partial charge in [0.05, 0.1) is 39.0 Å². The second kappa shape index (κ2) is 21.0. The van der Waals surface area contributed by atoms with Gasteiger partial charge in [-0.05, 0) is 22.3 Å². The molecule has 0 aromatic heterocycles. The van der Waals surface area contributed by atoms with Gasteiger partial charge in [-0.25, -0.2) is 0 Å². The largest absolute Gasteiger partial charge is 1.00 e. The van der Waals surface area contributed by atoms with Crippen molar-refractivity contribution in [2.75, 3.05) is 0 Å². The van der Waals surface area contributed by atoms with E-state index in [1.807, 2.05) is 97.1 Å². The summed E-state index contributed by atoms with van der Waals surface area (Å²) in [6.45, 7) is 0.156. The summed E-state index contributed by atoms with van der Waals surface area (Å²) < 4.78 is 61.1. The van der Waals surface area contributed by atoms with Gasteiger partial charge in [0.25, 0.3) is 0 Å². The number of benzene rings is 4. The second-order valence-electron chi connectivity index (χ2n) is 11.0. The van der Waals surface area contributed by atoms with Crippen LogP contribution in [0.15, 0.2) is 121 Å². The normalized spacial score (nSPS) is 21.1. The number of hydrogen-bond acceptors (Lipinski definition) is 8. The summed E-state index contributed by atoms with van der Waals surface area (Å²) in [5.41, 5.74) is -1.48. The van der Waals surface area contributed by atoms with Gasteiger partial charge in [0.1, 0.15) is 18.3 Å². The van der Waals surface area contributed by atoms with Crippen LogP contribution in [0.25, 0.3) is 0 Å². The monoisotopic (exact) mass is 730 g/mol. The van der Waals surface area contributed by atoms with Crippen molar-refractivity contribution in [3.8, 4) is 0 Å². The molecule has 8 nitrogen and oxygen atoms in total. The number of hydrogen-bond donors (Lipinski definition) is 0. The van der Waals surface area contributed by atoms with Gasteiger partial charge in [-0.1, -0.05) is 129 Å². The molecule has 48 heavy (non-hydrogen) atoms. The number of halogens is 2. The maximum absolute atomic E-state index is 14.9. The van der Waals surface area contributed by atoms with E-state index in [-0.39, 0.29) is 129 Å².